The van der Waals surface area contributed by atoms with Crippen molar-refractivity contribution in [3.63, 3.8) is 0 Å². The van der Waals surface area contributed by atoms with E-state index in [2.05, 4.69) is 26.0 Å². The molecule has 0 radical (unpaired) electrons. The Bertz CT molecular complexity index is 1210. The van der Waals surface area contributed by atoms with Crippen LogP contribution in [0.3, 0.4) is 0 Å². The highest BCUT2D eigenvalue weighted by Crippen LogP contribution is 2.38. The van der Waals surface area contributed by atoms with Crippen LogP contribution in [-0.2, 0) is 0 Å². The van der Waals surface area contributed by atoms with Gasteiger partial charge in [-0.15, -0.1) is 0 Å². The Morgan fingerprint density at radius 2 is 1.81 bits per heavy atom. The minimum absolute atomic E-state index is 0.135. The number of hydrogen-bond donors (Lipinski definition) is 0. The highest BCUT2D eigenvalue weighted by molar-refractivity contribution is 6.32. The van der Waals surface area contributed by atoms with Gasteiger partial charge in [-0.1, -0.05) is 49.7 Å². The number of likely N-dealkylation sites (N-methyl/N-ethyl adjacent to an activating group) is 1. The topological polar surface area (TPSA) is 53.8 Å². The fraction of sp³-hybridized carbons (Fsp3) is 0.360. The third kappa shape index (κ3) is 3.77. The Balaban J connectivity index is 1.92. The van der Waals surface area contributed by atoms with Crippen LogP contribution in [-0.4, -0.2) is 42.9 Å². The lowest BCUT2D eigenvalue weighted by Gasteiger charge is -2.26. The second-order valence-electron chi connectivity index (χ2n) is 8.80. The van der Waals surface area contributed by atoms with Gasteiger partial charge in [-0.05, 0) is 55.8 Å². The number of fused-ring (bicyclic) bond motifs is 2. The molecular formula is C25H27ClN2O3. The Morgan fingerprint density at radius 1 is 1.13 bits per heavy atom. The normalized spacial score (nSPS) is 16.1. The molecule has 0 saturated heterocycles. The van der Waals surface area contributed by atoms with Crippen molar-refractivity contribution in [2.24, 2.45) is 0 Å². The van der Waals surface area contributed by atoms with Crippen molar-refractivity contribution in [3.8, 4) is 0 Å². The maximum atomic E-state index is 13.6. The van der Waals surface area contributed by atoms with E-state index in [9.17, 15) is 9.59 Å². The summed E-state index contributed by atoms with van der Waals surface area (Å²) in [5, 5.41) is 0.909. The van der Waals surface area contributed by atoms with E-state index in [1.54, 1.807) is 17.0 Å². The molecule has 2 aromatic carbocycles. The number of amides is 1. The molecule has 0 fully saturated rings. The molecule has 6 heteroatoms. The molecule has 1 aliphatic rings. The number of carbonyl (C=O) groups excluding carboxylic acids is 1. The monoisotopic (exact) mass is 438 g/mol. The first-order valence-corrected chi connectivity index (χ1v) is 10.9. The van der Waals surface area contributed by atoms with Crippen LogP contribution < -0.4 is 5.43 Å². The van der Waals surface area contributed by atoms with Gasteiger partial charge in [0, 0.05) is 18.1 Å². The molecule has 0 bridgehead atoms. The maximum absolute atomic E-state index is 13.6. The molecule has 31 heavy (non-hydrogen) atoms. The molecule has 5 nitrogen and oxygen atoms in total. The van der Waals surface area contributed by atoms with Gasteiger partial charge in [-0.3, -0.25) is 9.59 Å². The molecule has 0 saturated carbocycles. The smallest absolute Gasteiger partial charge is 0.290 e. The van der Waals surface area contributed by atoms with Gasteiger partial charge in [0.2, 0.25) is 5.76 Å². The van der Waals surface area contributed by atoms with Gasteiger partial charge in [-0.25, -0.2) is 0 Å². The molecule has 3 aromatic rings. The first-order valence-electron chi connectivity index (χ1n) is 10.5. The van der Waals surface area contributed by atoms with Crippen molar-refractivity contribution in [3.05, 3.63) is 79.7 Å². The third-order valence-corrected chi connectivity index (χ3v) is 6.36. The van der Waals surface area contributed by atoms with Crippen molar-refractivity contribution in [2.45, 2.75) is 32.7 Å². The molecule has 162 valence electrons. The summed E-state index contributed by atoms with van der Waals surface area (Å²) in [6.07, 6.45) is 0. The highest BCUT2D eigenvalue weighted by atomic mass is 35.5. The van der Waals surface area contributed by atoms with E-state index in [-0.39, 0.29) is 17.1 Å². The van der Waals surface area contributed by atoms with E-state index in [0.717, 1.165) is 11.1 Å². The van der Waals surface area contributed by atoms with Gasteiger partial charge >= 0.3 is 0 Å². The average molecular weight is 439 g/mol. The first-order chi connectivity index (χ1) is 14.7. The minimum atomic E-state index is -0.482. The van der Waals surface area contributed by atoms with Crippen LogP contribution in [0.1, 0.15) is 58.6 Å². The lowest BCUT2D eigenvalue weighted by Crippen LogP contribution is -2.35. The SMILES string of the molecule is Cc1cc2oc3c(c(=O)c2cc1Cl)[C@H](c1ccc(C(C)C)cc1)N(CCN(C)C)C3=O. The zero-order valence-electron chi connectivity index (χ0n) is 18.5. The highest BCUT2D eigenvalue weighted by Gasteiger charge is 2.42. The number of benzene rings is 2. The molecule has 4 rings (SSSR count). The summed E-state index contributed by atoms with van der Waals surface area (Å²) in [5.41, 5.74) is 3.50. The number of rotatable bonds is 5. The van der Waals surface area contributed by atoms with Crippen LogP contribution in [0.25, 0.3) is 11.0 Å². The Morgan fingerprint density at radius 3 is 2.42 bits per heavy atom. The van der Waals surface area contributed by atoms with E-state index in [4.69, 9.17) is 16.0 Å². The molecule has 0 aliphatic carbocycles. The number of nitrogens with zero attached hydrogens (tertiary/aromatic N) is 2. The number of halogens is 1. The summed E-state index contributed by atoms with van der Waals surface area (Å²) < 4.78 is 6.02. The standard InChI is InChI=1S/C25H27ClN2O3/c1-14(2)16-6-8-17(9-7-16)22-21-23(29)18-13-19(26)15(3)12-20(18)31-24(21)25(30)28(22)11-10-27(4)5/h6-9,12-14,22H,10-11H2,1-5H3/t22-/m0/s1. The van der Waals surface area contributed by atoms with Crippen molar-refractivity contribution in [2.75, 3.05) is 27.2 Å². The van der Waals surface area contributed by atoms with Crippen molar-refractivity contribution in [1.82, 2.24) is 9.80 Å². The summed E-state index contributed by atoms with van der Waals surface area (Å²) in [7, 11) is 3.92. The first kappa shape index (κ1) is 21.6. The second-order valence-corrected chi connectivity index (χ2v) is 9.20. The summed E-state index contributed by atoms with van der Waals surface area (Å²) in [4.78, 5) is 30.7. The van der Waals surface area contributed by atoms with Crippen LogP contribution in [0.2, 0.25) is 5.02 Å². The molecular weight excluding hydrogens is 412 g/mol. The van der Waals surface area contributed by atoms with Crippen LogP contribution >= 0.6 is 11.6 Å². The van der Waals surface area contributed by atoms with Gasteiger partial charge in [0.15, 0.2) is 5.43 Å². The fourth-order valence-electron chi connectivity index (χ4n) is 4.09. The van der Waals surface area contributed by atoms with Gasteiger partial charge in [0.25, 0.3) is 5.91 Å². The van der Waals surface area contributed by atoms with Crippen LogP contribution in [0.4, 0.5) is 0 Å². The predicted molar refractivity (Wildman–Crippen MR) is 124 cm³/mol. The van der Waals surface area contributed by atoms with E-state index in [0.29, 0.717) is 40.6 Å². The van der Waals surface area contributed by atoms with Crippen LogP contribution in [0.5, 0.6) is 0 Å². The lowest BCUT2D eigenvalue weighted by molar-refractivity contribution is 0.0716. The molecule has 0 unspecified atom stereocenters. The summed E-state index contributed by atoms with van der Waals surface area (Å²) in [6, 6.07) is 11.0. The molecule has 1 amide bonds. The van der Waals surface area contributed by atoms with Crippen molar-refractivity contribution >= 4 is 28.5 Å². The average Bonchev–Trinajstić information content (AvgIpc) is 3.00. The molecule has 1 aliphatic heterocycles. The van der Waals surface area contributed by atoms with Crippen LogP contribution in [0.15, 0.2) is 45.6 Å². The zero-order chi connectivity index (χ0) is 22.4. The lowest BCUT2D eigenvalue weighted by atomic mass is 9.95. The number of carbonyl (C=O) groups is 1. The van der Waals surface area contributed by atoms with Gasteiger partial charge < -0.3 is 14.2 Å². The number of hydrogen-bond acceptors (Lipinski definition) is 4. The predicted octanol–water partition coefficient (Wildman–Crippen LogP) is 4.99. The minimum Gasteiger partial charge on any atom is -0.450 e. The molecule has 0 N–H and O–H groups in total. The summed E-state index contributed by atoms with van der Waals surface area (Å²) in [5.74, 6) is 0.285. The summed E-state index contributed by atoms with van der Waals surface area (Å²) in [6.45, 7) is 7.29. The largest absolute Gasteiger partial charge is 0.450 e. The molecule has 1 atom stereocenters. The van der Waals surface area contributed by atoms with Gasteiger partial charge in [0.1, 0.15) is 5.58 Å². The zero-order valence-corrected chi connectivity index (χ0v) is 19.3. The Labute approximate surface area is 187 Å². The van der Waals surface area contributed by atoms with Crippen LogP contribution in [0, 0.1) is 6.92 Å². The Kier molecular flexibility index (Phi) is 5.67. The van der Waals surface area contributed by atoms with E-state index < -0.39 is 6.04 Å². The van der Waals surface area contributed by atoms with E-state index >= 15 is 0 Å². The number of aryl methyl sites for hydroxylation is 1. The van der Waals surface area contributed by atoms with Crippen molar-refractivity contribution < 1.29 is 9.21 Å². The Hall–Kier alpha value is -2.63. The van der Waals surface area contributed by atoms with E-state index in [1.807, 2.05) is 38.1 Å². The molecule has 1 aromatic heterocycles. The fourth-order valence-corrected chi connectivity index (χ4v) is 4.25. The molecule has 2 heterocycles. The third-order valence-electron chi connectivity index (χ3n) is 5.95. The molecule has 0 spiro atoms. The van der Waals surface area contributed by atoms with E-state index in [1.165, 1.54) is 5.56 Å². The second kappa shape index (κ2) is 8.13. The maximum Gasteiger partial charge on any atom is 0.290 e. The van der Waals surface area contributed by atoms with Crippen molar-refractivity contribution in [1.29, 1.82) is 0 Å². The quantitative estimate of drug-likeness (QED) is 0.563. The van der Waals surface area contributed by atoms with Gasteiger partial charge in [-0.2, -0.15) is 0 Å². The summed E-state index contributed by atoms with van der Waals surface area (Å²) >= 11 is 6.29. The van der Waals surface area contributed by atoms with Gasteiger partial charge in [0.05, 0.1) is 17.0 Å².